The molecular weight excluding hydrogens is 277 g/mol. The van der Waals surface area contributed by atoms with Gasteiger partial charge in [-0.1, -0.05) is 20.8 Å². The maximum Gasteiger partial charge on any atom is 0.170 e. The Balaban J connectivity index is 0.00000225. The van der Waals surface area contributed by atoms with E-state index in [1.54, 1.807) is 0 Å². The number of carbonyl (C=O) groups excluding carboxylic acids is 1. The molecule has 0 aromatic heterocycles. The Labute approximate surface area is 125 Å². The third-order valence-electron chi connectivity index (χ3n) is 4.18. The fourth-order valence-corrected chi connectivity index (χ4v) is 2.19. The molecule has 0 bridgehead atoms. The van der Waals surface area contributed by atoms with Crippen molar-refractivity contribution in [3.8, 4) is 0 Å². The molecule has 1 rings (SSSR count). The molecule has 3 heteroatoms. The molecule has 1 saturated carbocycles. The minimum Gasteiger partial charge on any atom is -0.481 e. The molecule has 1 aliphatic carbocycles. The molecule has 0 spiro atoms. The number of ether oxygens (including phenoxy) is 1. The van der Waals surface area contributed by atoms with Crippen molar-refractivity contribution < 1.29 is 42.2 Å². The second-order valence-electron chi connectivity index (χ2n) is 5.09. The SMILES string of the molecule is CC[C-](C)C(=O)OC1(C)C(C)CCC1C.[Y]. The molecule has 2 atom stereocenters. The van der Waals surface area contributed by atoms with Crippen LogP contribution in [-0.4, -0.2) is 11.6 Å². The second kappa shape index (κ2) is 6.40. The van der Waals surface area contributed by atoms with E-state index in [-0.39, 0.29) is 44.3 Å². The van der Waals surface area contributed by atoms with E-state index in [0.29, 0.717) is 11.8 Å². The molecule has 0 amide bonds. The van der Waals surface area contributed by atoms with E-state index >= 15 is 0 Å². The van der Waals surface area contributed by atoms with Gasteiger partial charge < -0.3 is 4.74 Å². The van der Waals surface area contributed by atoms with Gasteiger partial charge in [0.25, 0.3) is 0 Å². The Morgan fingerprint density at radius 2 is 1.81 bits per heavy atom. The van der Waals surface area contributed by atoms with Gasteiger partial charge in [-0.3, -0.25) is 10.7 Å². The molecule has 0 aromatic carbocycles. The van der Waals surface area contributed by atoms with Gasteiger partial charge in [-0.05, 0) is 31.6 Å². The minimum absolute atomic E-state index is 0. The quantitative estimate of drug-likeness (QED) is 0.590. The van der Waals surface area contributed by atoms with Gasteiger partial charge in [0, 0.05) is 32.7 Å². The molecule has 2 nitrogen and oxygen atoms in total. The van der Waals surface area contributed by atoms with Crippen LogP contribution in [0.15, 0.2) is 0 Å². The Hall–Kier alpha value is 0.444. The second-order valence-corrected chi connectivity index (χ2v) is 5.09. The number of carbonyl (C=O) groups is 1. The normalized spacial score (nSPS) is 33.1. The van der Waals surface area contributed by atoms with Crippen LogP contribution in [0.2, 0.25) is 0 Å². The predicted octanol–water partition coefficient (Wildman–Crippen LogP) is 3.36. The molecule has 0 heterocycles. The zero-order valence-corrected chi connectivity index (χ0v) is 14.0. The molecule has 1 aliphatic rings. The van der Waals surface area contributed by atoms with E-state index in [1.807, 2.05) is 13.8 Å². The average molecular weight is 300 g/mol. The molecule has 0 aromatic rings. The third-order valence-corrected chi connectivity index (χ3v) is 4.18. The zero-order chi connectivity index (χ0) is 11.6. The van der Waals surface area contributed by atoms with Gasteiger partial charge in [0.2, 0.25) is 0 Å². The van der Waals surface area contributed by atoms with E-state index in [1.165, 1.54) is 0 Å². The van der Waals surface area contributed by atoms with Crippen molar-refractivity contribution in [1.29, 1.82) is 0 Å². The molecule has 0 saturated heterocycles. The minimum atomic E-state index is -0.256. The summed E-state index contributed by atoms with van der Waals surface area (Å²) in [7, 11) is 0. The average Bonchev–Trinajstić information content (AvgIpc) is 2.45. The monoisotopic (exact) mass is 300 g/mol. The first-order valence-electron chi connectivity index (χ1n) is 5.97. The first-order valence-corrected chi connectivity index (χ1v) is 5.97. The van der Waals surface area contributed by atoms with Crippen LogP contribution in [0, 0.1) is 17.8 Å². The Morgan fingerprint density at radius 3 is 2.19 bits per heavy atom. The number of rotatable bonds is 3. The first-order chi connectivity index (χ1) is 6.91. The molecule has 16 heavy (non-hydrogen) atoms. The Morgan fingerprint density at radius 1 is 1.38 bits per heavy atom. The Kier molecular flexibility index (Phi) is 6.57. The van der Waals surface area contributed by atoms with Crippen molar-refractivity contribution in [3.63, 3.8) is 0 Å². The fraction of sp³-hybridized carbons (Fsp3) is 0.846. The van der Waals surface area contributed by atoms with Crippen LogP contribution in [0.3, 0.4) is 0 Å². The molecule has 91 valence electrons. The predicted molar refractivity (Wildman–Crippen MR) is 61.3 cm³/mol. The summed E-state index contributed by atoms with van der Waals surface area (Å²) in [6.07, 6.45) is 3.10. The molecule has 1 fully saturated rings. The Bertz CT molecular complexity index is 230. The van der Waals surface area contributed by atoms with Crippen LogP contribution >= 0.6 is 0 Å². The summed E-state index contributed by atoms with van der Waals surface area (Å²) in [5.41, 5.74) is -0.256. The number of esters is 1. The van der Waals surface area contributed by atoms with Gasteiger partial charge in [-0.2, -0.15) is 13.3 Å². The van der Waals surface area contributed by atoms with Crippen LogP contribution in [0.1, 0.15) is 53.9 Å². The number of hydrogen-bond donors (Lipinski definition) is 0. The standard InChI is InChI=1S/C13H23O2.Y/c1-6-9(2)12(14)15-13(5)10(3)7-8-11(13)4;/h10-11H,6-8H2,1-5H3;/q-1;. The van der Waals surface area contributed by atoms with Crippen molar-refractivity contribution in [2.45, 2.75) is 59.5 Å². The van der Waals surface area contributed by atoms with Gasteiger partial charge in [0.05, 0.1) is 0 Å². The molecule has 2 unspecified atom stereocenters. The summed E-state index contributed by atoms with van der Waals surface area (Å²) in [6, 6.07) is 0. The summed E-state index contributed by atoms with van der Waals surface area (Å²) in [6.45, 7) is 10.3. The van der Waals surface area contributed by atoms with Crippen LogP contribution in [0.5, 0.6) is 0 Å². The van der Waals surface area contributed by atoms with Gasteiger partial charge >= 0.3 is 0 Å². The maximum atomic E-state index is 11.8. The van der Waals surface area contributed by atoms with Gasteiger partial charge in [-0.15, -0.1) is 0 Å². The molecule has 0 N–H and O–H groups in total. The van der Waals surface area contributed by atoms with E-state index < -0.39 is 0 Å². The molecular formula is C13H23O2Y-. The van der Waals surface area contributed by atoms with Crippen molar-refractivity contribution in [2.75, 3.05) is 0 Å². The number of hydrogen-bond acceptors (Lipinski definition) is 2. The largest absolute Gasteiger partial charge is 0.481 e. The first kappa shape index (κ1) is 16.4. The summed E-state index contributed by atoms with van der Waals surface area (Å²) in [5, 5.41) is 0. The van der Waals surface area contributed by atoms with Gasteiger partial charge in [0.15, 0.2) is 5.97 Å². The van der Waals surface area contributed by atoms with Crippen LogP contribution in [0.25, 0.3) is 0 Å². The van der Waals surface area contributed by atoms with Gasteiger partial charge in [0.1, 0.15) is 5.60 Å². The maximum absolute atomic E-state index is 11.8. The summed E-state index contributed by atoms with van der Waals surface area (Å²) >= 11 is 0. The van der Waals surface area contributed by atoms with E-state index in [9.17, 15) is 4.79 Å². The van der Waals surface area contributed by atoms with Crippen molar-refractivity contribution in [2.24, 2.45) is 11.8 Å². The van der Waals surface area contributed by atoms with Crippen LogP contribution in [-0.2, 0) is 42.2 Å². The van der Waals surface area contributed by atoms with Gasteiger partial charge in [-0.25, -0.2) is 0 Å². The van der Waals surface area contributed by atoms with Crippen molar-refractivity contribution >= 4 is 5.97 Å². The van der Waals surface area contributed by atoms with Crippen molar-refractivity contribution in [1.82, 2.24) is 0 Å². The third kappa shape index (κ3) is 3.23. The van der Waals surface area contributed by atoms with E-state index in [0.717, 1.165) is 25.2 Å². The molecule has 0 aliphatic heterocycles. The molecule has 1 radical (unpaired) electrons. The summed E-state index contributed by atoms with van der Waals surface area (Å²) in [5.74, 6) is 1.66. The fourth-order valence-electron chi connectivity index (χ4n) is 2.19. The van der Waals surface area contributed by atoms with Crippen molar-refractivity contribution in [3.05, 3.63) is 5.92 Å². The van der Waals surface area contributed by atoms with Crippen LogP contribution in [0.4, 0.5) is 0 Å². The zero-order valence-electron chi connectivity index (χ0n) is 11.2. The smallest absolute Gasteiger partial charge is 0.170 e. The van der Waals surface area contributed by atoms with E-state index in [4.69, 9.17) is 4.74 Å². The van der Waals surface area contributed by atoms with E-state index in [2.05, 4.69) is 20.8 Å². The topological polar surface area (TPSA) is 26.3 Å². The summed E-state index contributed by atoms with van der Waals surface area (Å²) < 4.78 is 5.70. The van der Waals surface area contributed by atoms with Crippen LogP contribution < -0.4 is 0 Å². The summed E-state index contributed by atoms with van der Waals surface area (Å²) in [4.78, 5) is 11.8.